The number of rotatable bonds is 6. The minimum absolute atomic E-state index is 0.545. The van der Waals surface area contributed by atoms with Gasteiger partial charge in [-0.15, -0.1) is 0 Å². The summed E-state index contributed by atoms with van der Waals surface area (Å²) in [7, 11) is 0. The van der Waals surface area contributed by atoms with E-state index in [0.29, 0.717) is 5.92 Å². The first-order valence-corrected chi connectivity index (χ1v) is 5.62. The zero-order valence-corrected chi connectivity index (χ0v) is 10.6. The normalized spacial score (nSPS) is 14.0. The third-order valence-electron chi connectivity index (χ3n) is 1.94. The van der Waals surface area contributed by atoms with Crippen molar-refractivity contribution in [3.63, 3.8) is 0 Å². The van der Waals surface area contributed by atoms with Crippen LogP contribution in [0.3, 0.4) is 0 Å². The topological polar surface area (TPSA) is 0 Å². The van der Waals surface area contributed by atoms with Gasteiger partial charge < -0.3 is 0 Å². The van der Waals surface area contributed by atoms with Crippen molar-refractivity contribution in [1.82, 2.24) is 0 Å². The van der Waals surface area contributed by atoms with Crippen molar-refractivity contribution in [2.24, 2.45) is 5.92 Å². The van der Waals surface area contributed by atoms with Gasteiger partial charge in [0.25, 0.3) is 0 Å². The summed E-state index contributed by atoms with van der Waals surface area (Å²) in [4.78, 5) is 0. The molecule has 16 heavy (non-hydrogen) atoms. The molecule has 0 saturated heterocycles. The first-order valence-electron chi connectivity index (χ1n) is 5.62. The molecule has 0 aliphatic carbocycles. The van der Waals surface area contributed by atoms with Crippen molar-refractivity contribution in [1.29, 1.82) is 0 Å². The molecular formula is C16H22. The summed E-state index contributed by atoms with van der Waals surface area (Å²) >= 11 is 0. The van der Waals surface area contributed by atoms with Crippen molar-refractivity contribution in [3.8, 4) is 0 Å². The molecule has 0 saturated carbocycles. The summed E-state index contributed by atoms with van der Waals surface area (Å²) in [6.45, 7) is 13.8. The van der Waals surface area contributed by atoms with Gasteiger partial charge in [-0.3, -0.25) is 0 Å². The molecule has 0 aromatic rings. The van der Waals surface area contributed by atoms with Crippen LogP contribution in [-0.4, -0.2) is 0 Å². The molecule has 0 bridgehead atoms. The predicted octanol–water partition coefficient (Wildman–Crippen LogP) is 5.00. The van der Waals surface area contributed by atoms with E-state index in [0.717, 1.165) is 11.1 Å². The van der Waals surface area contributed by atoms with Crippen molar-refractivity contribution in [2.45, 2.75) is 20.8 Å². The highest BCUT2D eigenvalue weighted by Gasteiger charge is 1.96. The Labute approximate surface area is 100 Å². The van der Waals surface area contributed by atoms with E-state index in [1.807, 2.05) is 25.2 Å². The Morgan fingerprint density at radius 3 is 1.81 bits per heavy atom. The third kappa shape index (κ3) is 6.02. The number of hydrogen-bond donors (Lipinski definition) is 0. The Kier molecular flexibility index (Phi) is 7.87. The molecule has 0 amide bonds. The number of allylic oxidation sites excluding steroid dienone is 10. The molecular weight excluding hydrogens is 192 g/mol. The van der Waals surface area contributed by atoms with E-state index in [-0.39, 0.29) is 0 Å². The second-order valence-electron chi connectivity index (χ2n) is 3.82. The molecule has 0 aliphatic heterocycles. The minimum Gasteiger partial charge on any atom is -0.0990 e. The Bertz CT molecular complexity index is 333. The molecule has 0 fully saturated rings. The summed E-state index contributed by atoms with van der Waals surface area (Å²) in [5.41, 5.74) is 2.30. The van der Waals surface area contributed by atoms with Crippen molar-refractivity contribution in [3.05, 3.63) is 72.9 Å². The number of hydrogen-bond acceptors (Lipinski definition) is 0. The lowest BCUT2D eigenvalue weighted by Gasteiger charge is -2.03. The van der Waals surface area contributed by atoms with E-state index in [4.69, 9.17) is 0 Å². The predicted molar refractivity (Wildman–Crippen MR) is 75.4 cm³/mol. The lowest BCUT2D eigenvalue weighted by atomic mass is 10.0. The van der Waals surface area contributed by atoms with Gasteiger partial charge in [-0.25, -0.2) is 0 Å². The Morgan fingerprint density at radius 1 is 0.938 bits per heavy atom. The van der Waals surface area contributed by atoms with Gasteiger partial charge in [0.15, 0.2) is 0 Å². The van der Waals surface area contributed by atoms with Crippen LogP contribution in [0.15, 0.2) is 72.9 Å². The molecule has 0 atom stereocenters. The van der Waals surface area contributed by atoms with Crippen LogP contribution in [0, 0.1) is 5.92 Å². The van der Waals surface area contributed by atoms with Gasteiger partial charge >= 0.3 is 0 Å². The van der Waals surface area contributed by atoms with E-state index >= 15 is 0 Å². The quantitative estimate of drug-likeness (QED) is 0.546. The first-order chi connectivity index (χ1) is 7.65. The van der Waals surface area contributed by atoms with Crippen LogP contribution in [0.25, 0.3) is 0 Å². The van der Waals surface area contributed by atoms with E-state index in [1.165, 1.54) is 0 Å². The van der Waals surface area contributed by atoms with Gasteiger partial charge in [0.2, 0.25) is 0 Å². The fourth-order valence-corrected chi connectivity index (χ4v) is 1.23. The monoisotopic (exact) mass is 214 g/mol. The molecule has 0 heterocycles. The summed E-state index contributed by atoms with van der Waals surface area (Å²) in [6, 6.07) is 0. The molecule has 0 unspecified atom stereocenters. The second kappa shape index (κ2) is 8.72. The fraction of sp³-hybridized carbons (Fsp3) is 0.250. The summed E-state index contributed by atoms with van der Waals surface area (Å²) in [5, 5.41) is 0. The van der Waals surface area contributed by atoms with E-state index in [2.05, 4.69) is 45.2 Å². The maximum Gasteiger partial charge on any atom is -0.0187 e. The average Bonchev–Trinajstić information content (AvgIpc) is 2.24. The van der Waals surface area contributed by atoms with Crippen LogP contribution in [-0.2, 0) is 0 Å². The maximum atomic E-state index is 3.74. The SMILES string of the molecule is C=CC=C(/C=C\C)C(/C=C\C(C)C)=C/C=C. The molecule has 0 nitrogen and oxygen atoms in total. The molecule has 0 N–H and O–H groups in total. The highest BCUT2D eigenvalue weighted by molar-refractivity contribution is 5.49. The van der Waals surface area contributed by atoms with Gasteiger partial charge in [-0.1, -0.05) is 75.6 Å². The molecule has 0 rings (SSSR count). The summed E-state index contributed by atoms with van der Waals surface area (Å²) < 4.78 is 0. The fourth-order valence-electron chi connectivity index (χ4n) is 1.23. The highest BCUT2D eigenvalue weighted by atomic mass is 14.0. The summed E-state index contributed by atoms with van der Waals surface area (Å²) in [6.07, 6.45) is 16.0. The van der Waals surface area contributed by atoms with Crippen LogP contribution in [0.5, 0.6) is 0 Å². The molecule has 86 valence electrons. The zero-order valence-electron chi connectivity index (χ0n) is 10.6. The van der Waals surface area contributed by atoms with E-state index in [9.17, 15) is 0 Å². The molecule has 0 aliphatic rings. The van der Waals surface area contributed by atoms with Crippen molar-refractivity contribution < 1.29 is 0 Å². The Hall–Kier alpha value is -1.56. The van der Waals surface area contributed by atoms with E-state index in [1.54, 1.807) is 12.2 Å². The van der Waals surface area contributed by atoms with Crippen LogP contribution < -0.4 is 0 Å². The van der Waals surface area contributed by atoms with Gasteiger partial charge in [-0.05, 0) is 24.0 Å². The summed E-state index contributed by atoms with van der Waals surface area (Å²) in [5.74, 6) is 0.545. The van der Waals surface area contributed by atoms with Crippen LogP contribution in [0.2, 0.25) is 0 Å². The lowest BCUT2D eigenvalue weighted by Crippen LogP contribution is -1.85. The highest BCUT2D eigenvalue weighted by Crippen LogP contribution is 2.15. The molecule has 0 spiro atoms. The average molecular weight is 214 g/mol. The van der Waals surface area contributed by atoms with E-state index < -0.39 is 0 Å². The van der Waals surface area contributed by atoms with Crippen LogP contribution in [0.1, 0.15) is 20.8 Å². The van der Waals surface area contributed by atoms with Crippen molar-refractivity contribution >= 4 is 0 Å². The van der Waals surface area contributed by atoms with Gasteiger partial charge in [0.1, 0.15) is 0 Å². The standard InChI is InChI=1S/C16H22/c1-6-9-15(10-7-2)16(11-8-3)13-12-14(4)5/h6-14H,1,3H2,2,4-5H3/b10-7-,13-12-,15-9?,16-11+. The van der Waals surface area contributed by atoms with Gasteiger partial charge in [0.05, 0.1) is 0 Å². The largest absolute Gasteiger partial charge is 0.0990 e. The second-order valence-corrected chi connectivity index (χ2v) is 3.82. The third-order valence-corrected chi connectivity index (χ3v) is 1.94. The smallest absolute Gasteiger partial charge is 0.0187 e. The van der Waals surface area contributed by atoms with Gasteiger partial charge in [0, 0.05) is 0 Å². The maximum absolute atomic E-state index is 3.74. The molecule has 0 heteroatoms. The van der Waals surface area contributed by atoms with Crippen LogP contribution >= 0.6 is 0 Å². The molecule has 0 aromatic carbocycles. The Balaban J connectivity index is 5.16. The van der Waals surface area contributed by atoms with Crippen LogP contribution in [0.4, 0.5) is 0 Å². The lowest BCUT2D eigenvalue weighted by molar-refractivity contribution is 0.831. The Morgan fingerprint density at radius 2 is 1.44 bits per heavy atom. The van der Waals surface area contributed by atoms with Crippen molar-refractivity contribution in [2.75, 3.05) is 0 Å². The zero-order chi connectivity index (χ0) is 12.4. The minimum atomic E-state index is 0.545. The first kappa shape index (κ1) is 14.4. The molecule has 0 radical (unpaired) electrons. The van der Waals surface area contributed by atoms with Gasteiger partial charge in [-0.2, -0.15) is 0 Å². The molecule has 0 aromatic heterocycles.